The van der Waals surface area contributed by atoms with E-state index in [9.17, 15) is 0 Å². The quantitative estimate of drug-likeness (QED) is 0.610. The molecular weight excluding hydrogens is 238 g/mol. The van der Waals surface area contributed by atoms with Crippen molar-refractivity contribution in [1.29, 1.82) is 5.26 Å². The number of aryl methyl sites for hydroxylation is 1. The highest BCUT2D eigenvalue weighted by molar-refractivity contribution is 7.22. The highest BCUT2D eigenvalue weighted by Crippen LogP contribution is 2.37. The van der Waals surface area contributed by atoms with Crippen LogP contribution in [0.2, 0.25) is 0 Å². The summed E-state index contributed by atoms with van der Waals surface area (Å²) in [5.74, 6) is 0. The van der Waals surface area contributed by atoms with Gasteiger partial charge in [0.05, 0.1) is 11.6 Å². The second kappa shape index (κ2) is 4.29. The summed E-state index contributed by atoms with van der Waals surface area (Å²) in [5.41, 5.74) is 3.21. The zero-order valence-corrected chi connectivity index (χ0v) is 10.8. The van der Waals surface area contributed by atoms with Gasteiger partial charge in [0.25, 0.3) is 0 Å². The normalized spacial score (nSPS) is 10.4. The predicted molar refractivity (Wildman–Crippen MR) is 76.7 cm³/mol. The Balaban J connectivity index is 2.19. The van der Waals surface area contributed by atoms with Gasteiger partial charge >= 0.3 is 0 Å². The first-order valence-electron chi connectivity index (χ1n) is 5.78. The predicted octanol–water partition coefficient (Wildman–Crippen LogP) is 4.75. The first-order valence-corrected chi connectivity index (χ1v) is 6.60. The first kappa shape index (κ1) is 11.0. The SMILES string of the molecule is Cc1c(-c2ccc(C#N)cc2)sc2ccccc12. The number of nitrogens with zero attached hydrogens (tertiary/aromatic N) is 1. The van der Waals surface area contributed by atoms with Crippen LogP contribution < -0.4 is 0 Å². The molecule has 0 radical (unpaired) electrons. The van der Waals surface area contributed by atoms with E-state index in [1.165, 1.54) is 26.1 Å². The van der Waals surface area contributed by atoms with E-state index in [-0.39, 0.29) is 0 Å². The van der Waals surface area contributed by atoms with E-state index in [2.05, 4.69) is 37.3 Å². The van der Waals surface area contributed by atoms with Crippen molar-refractivity contribution >= 4 is 21.4 Å². The smallest absolute Gasteiger partial charge is 0.0991 e. The minimum Gasteiger partial charge on any atom is -0.192 e. The van der Waals surface area contributed by atoms with Crippen LogP contribution in [0.5, 0.6) is 0 Å². The third-order valence-electron chi connectivity index (χ3n) is 3.12. The molecule has 0 unspecified atom stereocenters. The lowest BCUT2D eigenvalue weighted by Gasteiger charge is -1.99. The molecule has 0 bridgehead atoms. The summed E-state index contributed by atoms with van der Waals surface area (Å²) < 4.78 is 1.31. The van der Waals surface area contributed by atoms with Gasteiger partial charge in [0.15, 0.2) is 0 Å². The third kappa shape index (κ3) is 1.70. The molecule has 0 saturated carbocycles. The van der Waals surface area contributed by atoms with E-state index in [1.807, 2.05) is 35.6 Å². The van der Waals surface area contributed by atoms with Crippen molar-refractivity contribution in [3.63, 3.8) is 0 Å². The number of thiophene rings is 1. The highest BCUT2D eigenvalue weighted by Gasteiger charge is 2.09. The fourth-order valence-electron chi connectivity index (χ4n) is 2.15. The number of hydrogen-bond acceptors (Lipinski definition) is 2. The first-order chi connectivity index (χ1) is 8.79. The van der Waals surface area contributed by atoms with Gasteiger partial charge in [-0.1, -0.05) is 30.3 Å². The summed E-state index contributed by atoms with van der Waals surface area (Å²) in [6.07, 6.45) is 0. The summed E-state index contributed by atoms with van der Waals surface area (Å²) in [5, 5.41) is 10.1. The third-order valence-corrected chi connectivity index (χ3v) is 4.44. The molecule has 1 nitrogen and oxygen atoms in total. The lowest BCUT2D eigenvalue weighted by atomic mass is 10.1. The van der Waals surface area contributed by atoms with Crippen LogP contribution in [-0.4, -0.2) is 0 Å². The average molecular weight is 249 g/mol. The minimum absolute atomic E-state index is 0.706. The van der Waals surface area contributed by atoms with E-state index in [0.29, 0.717) is 5.56 Å². The van der Waals surface area contributed by atoms with Crippen LogP contribution in [0.4, 0.5) is 0 Å². The molecule has 0 amide bonds. The Kier molecular flexibility index (Phi) is 2.62. The molecule has 18 heavy (non-hydrogen) atoms. The van der Waals surface area contributed by atoms with Gasteiger partial charge in [0.2, 0.25) is 0 Å². The van der Waals surface area contributed by atoms with Crippen molar-refractivity contribution in [2.24, 2.45) is 0 Å². The topological polar surface area (TPSA) is 23.8 Å². The molecule has 0 saturated heterocycles. The van der Waals surface area contributed by atoms with Gasteiger partial charge in [-0.15, -0.1) is 11.3 Å². The molecular formula is C16H11NS. The molecule has 0 spiro atoms. The number of fused-ring (bicyclic) bond motifs is 1. The van der Waals surface area contributed by atoms with Crippen LogP contribution in [0, 0.1) is 18.3 Å². The van der Waals surface area contributed by atoms with E-state index >= 15 is 0 Å². The van der Waals surface area contributed by atoms with Crippen LogP contribution in [0.1, 0.15) is 11.1 Å². The van der Waals surface area contributed by atoms with Crippen LogP contribution in [0.25, 0.3) is 20.5 Å². The van der Waals surface area contributed by atoms with Crippen molar-refractivity contribution in [2.75, 3.05) is 0 Å². The zero-order valence-electron chi connectivity index (χ0n) is 9.97. The number of hydrogen-bond donors (Lipinski definition) is 0. The van der Waals surface area contributed by atoms with Crippen molar-refractivity contribution in [2.45, 2.75) is 6.92 Å². The number of rotatable bonds is 1. The minimum atomic E-state index is 0.706. The molecule has 86 valence electrons. The van der Waals surface area contributed by atoms with Crippen molar-refractivity contribution in [3.05, 3.63) is 59.7 Å². The van der Waals surface area contributed by atoms with Crippen molar-refractivity contribution < 1.29 is 0 Å². The molecule has 0 aliphatic carbocycles. The maximum atomic E-state index is 8.82. The largest absolute Gasteiger partial charge is 0.192 e. The van der Waals surface area contributed by atoms with Crippen molar-refractivity contribution in [1.82, 2.24) is 0 Å². The molecule has 3 aromatic rings. The fraction of sp³-hybridized carbons (Fsp3) is 0.0625. The van der Waals surface area contributed by atoms with Gasteiger partial charge < -0.3 is 0 Å². The summed E-state index contributed by atoms with van der Waals surface area (Å²) in [6, 6.07) is 18.4. The van der Waals surface area contributed by atoms with Crippen molar-refractivity contribution in [3.8, 4) is 16.5 Å². The maximum absolute atomic E-state index is 8.82. The van der Waals surface area contributed by atoms with Gasteiger partial charge in [-0.3, -0.25) is 0 Å². The molecule has 0 atom stereocenters. The van der Waals surface area contributed by atoms with Crippen LogP contribution in [0.3, 0.4) is 0 Å². The van der Waals surface area contributed by atoms with E-state index in [4.69, 9.17) is 5.26 Å². The summed E-state index contributed by atoms with van der Waals surface area (Å²) in [6.45, 7) is 2.16. The van der Waals surface area contributed by atoms with Gasteiger partial charge in [0.1, 0.15) is 0 Å². The molecule has 2 aromatic carbocycles. The Bertz CT molecular complexity index is 745. The monoisotopic (exact) mass is 249 g/mol. The summed E-state index contributed by atoms with van der Waals surface area (Å²) in [4.78, 5) is 1.29. The molecule has 0 N–H and O–H groups in total. The fourth-order valence-corrected chi connectivity index (χ4v) is 3.36. The van der Waals surface area contributed by atoms with Gasteiger partial charge in [0, 0.05) is 9.58 Å². The maximum Gasteiger partial charge on any atom is 0.0991 e. The molecule has 1 aromatic heterocycles. The summed E-state index contributed by atoms with van der Waals surface area (Å²) in [7, 11) is 0. The Morgan fingerprint density at radius 2 is 1.72 bits per heavy atom. The molecule has 0 aliphatic rings. The average Bonchev–Trinajstić information content (AvgIpc) is 2.77. The highest BCUT2D eigenvalue weighted by atomic mass is 32.1. The zero-order chi connectivity index (χ0) is 12.5. The Labute approximate surface area is 110 Å². The lowest BCUT2D eigenvalue weighted by molar-refractivity contribution is 1.48. The number of benzene rings is 2. The molecule has 2 heteroatoms. The van der Waals surface area contributed by atoms with Gasteiger partial charge in [-0.05, 0) is 41.6 Å². The van der Waals surface area contributed by atoms with E-state index < -0.39 is 0 Å². The van der Waals surface area contributed by atoms with E-state index in [0.717, 1.165) is 0 Å². The molecule has 1 heterocycles. The number of nitriles is 1. The lowest BCUT2D eigenvalue weighted by Crippen LogP contribution is -1.78. The van der Waals surface area contributed by atoms with E-state index in [1.54, 1.807) is 0 Å². The van der Waals surface area contributed by atoms with Crippen LogP contribution in [0.15, 0.2) is 48.5 Å². The van der Waals surface area contributed by atoms with Crippen LogP contribution in [-0.2, 0) is 0 Å². The summed E-state index contributed by atoms with van der Waals surface area (Å²) >= 11 is 1.81. The Morgan fingerprint density at radius 1 is 1.00 bits per heavy atom. The Morgan fingerprint density at radius 3 is 2.39 bits per heavy atom. The molecule has 3 rings (SSSR count). The second-order valence-corrected chi connectivity index (χ2v) is 5.29. The molecule has 0 aliphatic heterocycles. The standard InChI is InChI=1S/C16H11NS/c1-11-14-4-2-3-5-15(14)18-16(11)13-8-6-12(10-17)7-9-13/h2-9H,1H3. The van der Waals surface area contributed by atoms with Gasteiger partial charge in [-0.2, -0.15) is 5.26 Å². The molecule has 0 fully saturated rings. The van der Waals surface area contributed by atoms with Gasteiger partial charge in [-0.25, -0.2) is 0 Å². The second-order valence-electron chi connectivity index (χ2n) is 4.24. The van der Waals surface area contributed by atoms with Crippen LogP contribution >= 0.6 is 11.3 Å². The Hall–Kier alpha value is -2.11.